The van der Waals surface area contributed by atoms with E-state index in [-0.39, 0.29) is 52.5 Å². The van der Waals surface area contributed by atoms with Crippen LogP contribution < -0.4 is 20.5 Å². The first-order valence-electron chi connectivity index (χ1n) is 14.9. The van der Waals surface area contributed by atoms with Gasteiger partial charge in [-0.2, -0.15) is 18.3 Å². The van der Waals surface area contributed by atoms with Crippen LogP contribution in [0, 0.1) is 5.95 Å². The molecule has 246 valence electrons. The average molecular weight is 652 g/mol. The maximum absolute atomic E-state index is 13.8. The second kappa shape index (κ2) is 12.5. The third-order valence-electron chi connectivity index (χ3n) is 7.86. The number of nitrogens with one attached hydrogen (secondary N) is 1. The number of alkyl halides is 2. The summed E-state index contributed by atoms with van der Waals surface area (Å²) in [4.78, 5) is 29.3. The number of ether oxygens (including phenoxy) is 2. The number of primary amides is 1. The highest BCUT2D eigenvalue weighted by Gasteiger charge is 2.29. The summed E-state index contributed by atoms with van der Waals surface area (Å²) in [7, 11) is 0. The first-order valence-corrected chi connectivity index (χ1v) is 14.9. The van der Waals surface area contributed by atoms with Crippen molar-refractivity contribution in [1.29, 1.82) is 0 Å². The number of fused-ring (bicyclic) bond motifs is 2. The number of aromatic nitrogens is 5. The largest absolute Gasteiger partial charge is 0.491 e. The number of benzene rings is 1. The fourth-order valence-corrected chi connectivity index (χ4v) is 5.58. The average Bonchev–Trinajstić information content (AvgIpc) is 3.59. The smallest absolute Gasteiger partial charge is 0.333 e. The molecule has 1 aliphatic rings. The Labute approximate surface area is 266 Å². The molecular formula is C32H32F3N7O5. The van der Waals surface area contributed by atoms with Crippen LogP contribution in [0.15, 0.2) is 54.9 Å². The number of hydrogen-bond donors (Lipinski definition) is 3. The van der Waals surface area contributed by atoms with Gasteiger partial charge in [0.05, 0.1) is 16.6 Å². The molecule has 5 aromatic rings. The molecule has 2 amide bonds. The summed E-state index contributed by atoms with van der Waals surface area (Å²) in [5.41, 5.74) is 6.36. The molecule has 15 heteroatoms. The molecule has 4 aromatic heterocycles. The van der Waals surface area contributed by atoms with Crippen molar-refractivity contribution in [2.45, 2.75) is 63.8 Å². The van der Waals surface area contributed by atoms with E-state index < -0.39 is 29.9 Å². The first-order chi connectivity index (χ1) is 22.4. The molecule has 1 saturated carbocycles. The van der Waals surface area contributed by atoms with Crippen molar-refractivity contribution in [1.82, 2.24) is 29.7 Å². The van der Waals surface area contributed by atoms with Gasteiger partial charge in [0.1, 0.15) is 24.0 Å². The van der Waals surface area contributed by atoms with Crippen molar-refractivity contribution in [3.8, 4) is 22.8 Å². The number of nitrogens with zero attached hydrogens (tertiary/aromatic N) is 5. The zero-order chi connectivity index (χ0) is 33.5. The molecular weight excluding hydrogens is 619 g/mol. The van der Waals surface area contributed by atoms with Gasteiger partial charge < -0.3 is 25.6 Å². The number of aliphatic hydroxyl groups is 1. The summed E-state index contributed by atoms with van der Waals surface area (Å²) >= 11 is 0. The quantitative estimate of drug-likeness (QED) is 0.184. The summed E-state index contributed by atoms with van der Waals surface area (Å²) in [6, 6.07) is 10.4. The lowest BCUT2D eigenvalue weighted by Crippen LogP contribution is -2.40. The predicted molar refractivity (Wildman–Crippen MR) is 164 cm³/mol. The molecule has 1 aromatic carbocycles. The molecule has 1 aliphatic carbocycles. The minimum Gasteiger partial charge on any atom is -0.491 e. The molecule has 0 atom stereocenters. The molecule has 12 nitrogen and oxygen atoms in total. The molecule has 0 saturated heterocycles. The maximum Gasteiger partial charge on any atom is 0.333 e. The fourth-order valence-electron chi connectivity index (χ4n) is 5.58. The van der Waals surface area contributed by atoms with Gasteiger partial charge in [0.2, 0.25) is 11.8 Å². The van der Waals surface area contributed by atoms with Crippen molar-refractivity contribution in [3.05, 3.63) is 72.1 Å². The van der Waals surface area contributed by atoms with Gasteiger partial charge in [-0.3, -0.25) is 9.59 Å². The van der Waals surface area contributed by atoms with E-state index in [1.807, 2.05) is 0 Å². The Morgan fingerprint density at radius 3 is 2.47 bits per heavy atom. The molecule has 0 spiro atoms. The molecule has 1 fully saturated rings. The van der Waals surface area contributed by atoms with Crippen molar-refractivity contribution in [3.63, 3.8) is 0 Å². The van der Waals surface area contributed by atoms with E-state index in [2.05, 4.69) is 20.5 Å². The Morgan fingerprint density at radius 2 is 1.81 bits per heavy atom. The van der Waals surface area contributed by atoms with Crippen LogP contribution in [0.4, 0.5) is 13.2 Å². The van der Waals surface area contributed by atoms with E-state index in [4.69, 9.17) is 15.2 Å². The van der Waals surface area contributed by atoms with Gasteiger partial charge in [0, 0.05) is 41.0 Å². The van der Waals surface area contributed by atoms with E-state index in [0.29, 0.717) is 47.0 Å². The summed E-state index contributed by atoms with van der Waals surface area (Å²) in [5.74, 6) is -1.57. The number of nitrogens with two attached hydrogens (primary N) is 1. The Morgan fingerprint density at radius 1 is 1.06 bits per heavy atom. The van der Waals surface area contributed by atoms with Gasteiger partial charge in [0.25, 0.3) is 11.8 Å². The number of carbonyl (C=O) groups is 2. The minimum atomic E-state index is -2.99. The molecule has 0 bridgehead atoms. The summed E-state index contributed by atoms with van der Waals surface area (Å²) < 4.78 is 54.6. The van der Waals surface area contributed by atoms with Crippen LogP contribution in [-0.4, -0.2) is 65.7 Å². The van der Waals surface area contributed by atoms with Crippen LogP contribution in [0.5, 0.6) is 11.6 Å². The molecule has 4 heterocycles. The number of amides is 2. The third-order valence-corrected chi connectivity index (χ3v) is 7.86. The van der Waals surface area contributed by atoms with Gasteiger partial charge >= 0.3 is 6.55 Å². The molecule has 0 unspecified atom stereocenters. The van der Waals surface area contributed by atoms with Crippen LogP contribution in [0.3, 0.4) is 0 Å². The van der Waals surface area contributed by atoms with Crippen LogP contribution >= 0.6 is 0 Å². The lowest BCUT2D eigenvalue weighted by molar-refractivity contribution is 0.0284. The first kappa shape index (κ1) is 31.8. The lowest BCUT2D eigenvalue weighted by atomic mass is 9.92. The second-order valence-electron chi connectivity index (χ2n) is 12.1. The highest BCUT2D eigenvalue weighted by atomic mass is 19.3. The lowest BCUT2D eigenvalue weighted by Gasteiger charge is -2.28. The Balaban J connectivity index is 1.13. The monoisotopic (exact) mass is 651 g/mol. The highest BCUT2D eigenvalue weighted by Crippen LogP contribution is 2.31. The number of hydrogen-bond acceptors (Lipinski definition) is 8. The summed E-state index contributed by atoms with van der Waals surface area (Å²) in [6.07, 6.45) is 4.78. The summed E-state index contributed by atoms with van der Waals surface area (Å²) in [5, 5.41) is 21.4. The number of rotatable bonds is 10. The molecule has 0 aliphatic heterocycles. The van der Waals surface area contributed by atoms with Crippen LogP contribution in [0.25, 0.3) is 27.5 Å². The van der Waals surface area contributed by atoms with Gasteiger partial charge in [-0.1, -0.05) is 6.07 Å². The summed E-state index contributed by atoms with van der Waals surface area (Å²) in [6.45, 7) is 0.0612. The topological polar surface area (TPSA) is 159 Å². The Kier molecular flexibility index (Phi) is 8.49. The van der Waals surface area contributed by atoms with Crippen molar-refractivity contribution in [2.24, 2.45) is 5.73 Å². The molecule has 6 rings (SSSR count). The van der Waals surface area contributed by atoms with Gasteiger partial charge in [-0.15, -0.1) is 5.10 Å². The van der Waals surface area contributed by atoms with E-state index in [1.54, 1.807) is 38.2 Å². The predicted octanol–water partition coefficient (Wildman–Crippen LogP) is 4.65. The number of carbonyl (C=O) groups excluding carboxylic acids is 2. The van der Waals surface area contributed by atoms with E-state index in [9.17, 15) is 27.9 Å². The van der Waals surface area contributed by atoms with E-state index >= 15 is 0 Å². The standard InChI is InChI=1S/C32H32F3N7O5/c1-32(2,45)16-46-21-9-10-22-24(13-21)42(31(34)35)39-27(22)29(44)38-19-5-7-20(8-6-19)47-30-26(28(36)43)23-11-3-18(15-41(23)40-30)17-4-12-25(33)37-14-17/h3-4,9-15,19-20,31,45H,5-8,16H2,1-2H3,(H2,36,43)(H,38,44)/t19-,20-. The molecule has 4 N–H and O–H groups in total. The molecule has 47 heavy (non-hydrogen) atoms. The highest BCUT2D eigenvalue weighted by molar-refractivity contribution is 6.05. The van der Waals surface area contributed by atoms with E-state index in [1.165, 1.54) is 35.0 Å². The maximum atomic E-state index is 13.8. The third kappa shape index (κ3) is 6.84. The van der Waals surface area contributed by atoms with Crippen LogP contribution in [0.2, 0.25) is 0 Å². The normalized spacial score (nSPS) is 16.9. The minimum absolute atomic E-state index is 0.0228. The second-order valence-corrected chi connectivity index (χ2v) is 12.1. The van der Waals surface area contributed by atoms with Gasteiger partial charge in [-0.25, -0.2) is 14.2 Å². The van der Waals surface area contributed by atoms with Gasteiger partial charge in [-0.05, 0) is 69.9 Å². The van der Waals surface area contributed by atoms with Crippen molar-refractivity contribution in [2.75, 3.05) is 6.61 Å². The molecule has 0 radical (unpaired) electrons. The Hall–Kier alpha value is -5.18. The number of pyridine rings is 2. The zero-order valence-electron chi connectivity index (χ0n) is 25.5. The number of halogens is 3. The zero-order valence-corrected chi connectivity index (χ0v) is 25.5. The fraction of sp³-hybridized carbons (Fsp3) is 0.344. The Bertz CT molecular complexity index is 1940. The van der Waals surface area contributed by atoms with Gasteiger partial charge in [0.15, 0.2) is 5.69 Å². The van der Waals surface area contributed by atoms with Crippen LogP contribution in [-0.2, 0) is 0 Å². The van der Waals surface area contributed by atoms with E-state index in [0.717, 1.165) is 0 Å². The van der Waals surface area contributed by atoms with Crippen LogP contribution in [0.1, 0.15) is 66.9 Å². The SMILES string of the molecule is CC(C)(O)COc1ccc2c(C(=O)N[C@H]3CC[C@H](Oc4nn5cc(-c6ccc(F)nc6)ccc5c4C(N)=O)CC3)nn(C(F)F)c2c1. The van der Waals surface area contributed by atoms with Crippen molar-refractivity contribution >= 4 is 28.2 Å². The van der Waals surface area contributed by atoms with Crippen molar-refractivity contribution < 1.29 is 37.3 Å².